The first kappa shape index (κ1) is 22.6. The van der Waals surface area contributed by atoms with E-state index in [1.807, 2.05) is 19.9 Å². The third kappa shape index (κ3) is 4.96. The van der Waals surface area contributed by atoms with Crippen molar-refractivity contribution < 1.29 is 14.5 Å². The summed E-state index contributed by atoms with van der Waals surface area (Å²) in [7, 11) is 0. The van der Waals surface area contributed by atoms with Crippen molar-refractivity contribution in [2.24, 2.45) is 0 Å². The van der Waals surface area contributed by atoms with Gasteiger partial charge in [-0.3, -0.25) is 19.7 Å². The zero-order chi connectivity index (χ0) is 22.5. The number of hydrogen-bond acceptors (Lipinski definition) is 5. The predicted octanol–water partition coefficient (Wildman–Crippen LogP) is 4.58. The lowest BCUT2D eigenvalue weighted by molar-refractivity contribution is -0.384. The molecule has 1 aliphatic heterocycles. The molecule has 0 aliphatic carbocycles. The molecule has 0 radical (unpaired) electrons. The van der Waals surface area contributed by atoms with Crippen LogP contribution < -0.4 is 10.2 Å². The predicted molar refractivity (Wildman–Crippen MR) is 121 cm³/mol. The molecule has 8 nitrogen and oxygen atoms in total. The zero-order valence-corrected chi connectivity index (χ0v) is 18.3. The Labute approximate surface area is 185 Å². The van der Waals surface area contributed by atoms with Crippen molar-refractivity contribution in [3.63, 3.8) is 0 Å². The smallest absolute Gasteiger partial charge is 0.288 e. The molecule has 3 rings (SSSR count). The van der Waals surface area contributed by atoms with Crippen molar-refractivity contribution in [2.75, 3.05) is 36.4 Å². The first-order valence-corrected chi connectivity index (χ1v) is 10.7. The summed E-state index contributed by atoms with van der Waals surface area (Å²) in [5.41, 5.74) is 1.61. The first-order chi connectivity index (χ1) is 14.8. The van der Waals surface area contributed by atoms with Crippen molar-refractivity contribution in [1.82, 2.24) is 4.90 Å². The van der Waals surface area contributed by atoms with E-state index in [4.69, 9.17) is 11.6 Å². The number of halogens is 1. The van der Waals surface area contributed by atoms with Crippen molar-refractivity contribution >= 4 is 40.5 Å². The minimum absolute atomic E-state index is 0.0383. The van der Waals surface area contributed by atoms with Crippen LogP contribution in [0.25, 0.3) is 0 Å². The highest BCUT2D eigenvalue weighted by molar-refractivity contribution is 6.32. The second-order valence-electron chi connectivity index (χ2n) is 7.28. The molecule has 1 saturated heterocycles. The van der Waals surface area contributed by atoms with E-state index in [0.29, 0.717) is 24.3 Å². The third-order valence-corrected chi connectivity index (χ3v) is 5.71. The van der Waals surface area contributed by atoms with Crippen LogP contribution in [0.2, 0.25) is 5.02 Å². The minimum Gasteiger partial charge on any atom is -0.371 e. The fourth-order valence-corrected chi connectivity index (χ4v) is 3.88. The Bertz CT molecular complexity index is 1000. The quantitative estimate of drug-likeness (QED) is 0.498. The highest BCUT2D eigenvalue weighted by Gasteiger charge is 2.23. The van der Waals surface area contributed by atoms with E-state index in [0.717, 1.165) is 37.7 Å². The molecule has 0 unspecified atom stereocenters. The standard InChI is InChI=1S/C22H25ClN4O4/c1-3-25(4-2)22(29)17-14-16(8-10-19(17)26-11-5-6-12-26)24-21(28)15-7-9-18(23)20(13-15)27(30)31/h7-10,13-14H,3-6,11-12H2,1-2H3,(H,24,28). The number of hydrogen-bond donors (Lipinski definition) is 1. The highest BCUT2D eigenvalue weighted by Crippen LogP contribution is 2.30. The van der Waals surface area contributed by atoms with Gasteiger partial charge in [0.15, 0.2) is 0 Å². The van der Waals surface area contributed by atoms with Crippen LogP contribution in [-0.2, 0) is 0 Å². The number of rotatable bonds is 7. The van der Waals surface area contributed by atoms with E-state index in [-0.39, 0.29) is 22.2 Å². The highest BCUT2D eigenvalue weighted by atomic mass is 35.5. The van der Waals surface area contributed by atoms with Crippen LogP contribution in [0.4, 0.5) is 17.1 Å². The van der Waals surface area contributed by atoms with E-state index >= 15 is 0 Å². The summed E-state index contributed by atoms with van der Waals surface area (Å²) in [4.78, 5) is 40.2. The Morgan fingerprint density at radius 1 is 1.13 bits per heavy atom. The molecule has 2 amide bonds. The fraction of sp³-hybridized carbons (Fsp3) is 0.364. The molecule has 0 saturated carbocycles. The third-order valence-electron chi connectivity index (χ3n) is 5.39. The minimum atomic E-state index is -0.634. The van der Waals surface area contributed by atoms with Gasteiger partial charge in [-0.05, 0) is 57.0 Å². The normalized spacial score (nSPS) is 13.2. The Hall–Kier alpha value is -3.13. The van der Waals surface area contributed by atoms with Crippen molar-refractivity contribution in [2.45, 2.75) is 26.7 Å². The van der Waals surface area contributed by atoms with Gasteiger partial charge in [-0.2, -0.15) is 0 Å². The maximum atomic E-state index is 13.1. The van der Waals surface area contributed by atoms with Crippen LogP contribution in [0.3, 0.4) is 0 Å². The van der Waals surface area contributed by atoms with E-state index in [2.05, 4.69) is 10.2 Å². The van der Waals surface area contributed by atoms with Crippen LogP contribution in [-0.4, -0.2) is 47.8 Å². The molecular weight excluding hydrogens is 420 g/mol. The summed E-state index contributed by atoms with van der Waals surface area (Å²) in [5, 5.41) is 13.8. The number of nitro benzene ring substituents is 1. The summed E-state index contributed by atoms with van der Waals surface area (Å²) >= 11 is 5.83. The zero-order valence-electron chi connectivity index (χ0n) is 17.6. The Balaban J connectivity index is 1.92. The van der Waals surface area contributed by atoms with Gasteiger partial charge in [-0.25, -0.2) is 0 Å². The van der Waals surface area contributed by atoms with Gasteiger partial charge in [-0.1, -0.05) is 11.6 Å². The maximum Gasteiger partial charge on any atom is 0.288 e. The summed E-state index contributed by atoms with van der Waals surface area (Å²) in [6.45, 7) is 6.79. The average molecular weight is 445 g/mol. The van der Waals surface area contributed by atoms with Crippen LogP contribution in [0.15, 0.2) is 36.4 Å². The number of nitrogens with zero attached hydrogens (tertiary/aromatic N) is 3. The monoisotopic (exact) mass is 444 g/mol. The molecule has 1 N–H and O–H groups in total. The molecular formula is C22H25ClN4O4. The molecule has 0 aromatic heterocycles. The number of anilines is 2. The lowest BCUT2D eigenvalue weighted by Gasteiger charge is -2.25. The maximum absolute atomic E-state index is 13.1. The molecule has 1 heterocycles. The Morgan fingerprint density at radius 3 is 2.42 bits per heavy atom. The lowest BCUT2D eigenvalue weighted by atomic mass is 10.1. The van der Waals surface area contributed by atoms with Gasteiger partial charge >= 0.3 is 0 Å². The number of carbonyl (C=O) groups excluding carboxylic acids is 2. The van der Waals surface area contributed by atoms with Crippen molar-refractivity contribution in [1.29, 1.82) is 0 Å². The number of carbonyl (C=O) groups is 2. The topological polar surface area (TPSA) is 95.8 Å². The van der Waals surface area contributed by atoms with E-state index in [1.165, 1.54) is 12.1 Å². The van der Waals surface area contributed by atoms with Gasteiger partial charge in [0.1, 0.15) is 5.02 Å². The van der Waals surface area contributed by atoms with Gasteiger partial charge < -0.3 is 15.1 Å². The average Bonchev–Trinajstić information content (AvgIpc) is 3.29. The largest absolute Gasteiger partial charge is 0.371 e. The molecule has 164 valence electrons. The van der Waals surface area contributed by atoms with Gasteiger partial charge in [0.25, 0.3) is 17.5 Å². The van der Waals surface area contributed by atoms with Gasteiger partial charge in [0.05, 0.1) is 10.5 Å². The second kappa shape index (κ2) is 9.78. The van der Waals surface area contributed by atoms with Crippen molar-refractivity contribution in [3.05, 3.63) is 62.7 Å². The van der Waals surface area contributed by atoms with Crippen LogP contribution in [0, 0.1) is 10.1 Å². The second-order valence-corrected chi connectivity index (χ2v) is 7.69. The fourth-order valence-electron chi connectivity index (χ4n) is 3.70. The van der Waals surface area contributed by atoms with Gasteiger partial charge in [0.2, 0.25) is 0 Å². The van der Waals surface area contributed by atoms with Crippen LogP contribution >= 0.6 is 11.6 Å². The molecule has 2 aromatic carbocycles. The van der Waals surface area contributed by atoms with E-state index in [1.54, 1.807) is 17.0 Å². The molecule has 9 heteroatoms. The van der Waals surface area contributed by atoms with E-state index < -0.39 is 10.8 Å². The lowest BCUT2D eigenvalue weighted by Crippen LogP contribution is -2.32. The number of amides is 2. The van der Waals surface area contributed by atoms with E-state index in [9.17, 15) is 19.7 Å². The Morgan fingerprint density at radius 2 is 1.81 bits per heavy atom. The Kier molecular flexibility index (Phi) is 7.12. The number of nitro groups is 1. The van der Waals surface area contributed by atoms with Crippen LogP contribution in [0.1, 0.15) is 47.4 Å². The molecule has 0 bridgehead atoms. The SMILES string of the molecule is CCN(CC)C(=O)c1cc(NC(=O)c2ccc(Cl)c([N+](=O)[O-])c2)ccc1N1CCCC1. The summed E-state index contributed by atoms with van der Waals surface area (Å²) < 4.78 is 0. The van der Waals surface area contributed by atoms with Gasteiger partial charge in [-0.15, -0.1) is 0 Å². The van der Waals surface area contributed by atoms with Gasteiger partial charge in [0, 0.05) is 49.2 Å². The number of benzene rings is 2. The molecule has 0 atom stereocenters. The molecule has 1 aliphatic rings. The molecule has 1 fully saturated rings. The van der Waals surface area contributed by atoms with Crippen molar-refractivity contribution in [3.8, 4) is 0 Å². The van der Waals surface area contributed by atoms with Crippen LogP contribution in [0.5, 0.6) is 0 Å². The molecule has 31 heavy (non-hydrogen) atoms. The summed E-state index contributed by atoms with van der Waals surface area (Å²) in [5.74, 6) is -0.611. The first-order valence-electron chi connectivity index (χ1n) is 10.3. The number of nitrogens with one attached hydrogen (secondary N) is 1. The summed E-state index contributed by atoms with van der Waals surface area (Å²) in [6.07, 6.45) is 2.15. The summed E-state index contributed by atoms with van der Waals surface area (Å²) in [6, 6.07) is 9.15. The molecule has 0 spiro atoms. The molecule has 2 aromatic rings.